The van der Waals surface area contributed by atoms with Gasteiger partial charge in [-0.3, -0.25) is 9.59 Å². The first-order valence-corrected chi connectivity index (χ1v) is 5.25. The summed E-state index contributed by atoms with van der Waals surface area (Å²) < 4.78 is 0. The molecule has 1 aliphatic rings. The van der Waals surface area contributed by atoms with E-state index in [1.807, 2.05) is 0 Å². The summed E-state index contributed by atoms with van der Waals surface area (Å²) in [6, 6.07) is 0. The van der Waals surface area contributed by atoms with Crippen LogP contribution < -0.4 is 0 Å². The molecule has 0 saturated heterocycles. The van der Waals surface area contributed by atoms with Crippen LogP contribution in [0.1, 0.15) is 32.6 Å². The molecule has 0 amide bonds. The van der Waals surface area contributed by atoms with E-state index < -0.39 is 0 Å². The molecule has 12 heavy (non-hydrogen) atoms. The summed E-state index contributed by atoms with van der Waals surface area (Å²) in [6.45, 7) is 1.78. The second-order valence-electron chi connectivity index (χ2n) is 3.28. The smallest absolute Gasteiger partial charge is 0.156 e. The van der Waals surface area contributed by atoms with Gasteiger partial charge in [-0.1, -0.05) is 22.4 Å². The van der Waals surface area contributed by atoms with Gasteiger partial charge in [0.1, 0.15) is 5.78 Å². The van der Waals surface area contributed by atoms with E-state index in [0.29, 0.717) is 6.42 Å². The highest BCUT2D eigenvalue weighted by Crippen LogP contribution is 2.23. The van der Waals surface area contributed by atoms with Gasteiger partial charge in [-0.2, -0.15) is 0 Å². The van der Waals surface area contributed by atoms with Gasteiger partial charge in [0.2, 0.25) is 0 Å². The van der Waals surface area contributed by atoms with E-state index in [9.17, 15) is 9.59 Å². The molecular weight excluding hydrogens is 220 g/mol. The lowest BCUT2D eigenvalue weighted by atomic mass is 9.84. The molecule has 1 fully saturated rings. The van der Waals surface area contributed by atoms with Crippen molar-refractivity contribution in [3.8, 4) is 0 Å². The van der Waals surface area contributed by atoms with Gasteiger partial charge in [0.15, 0.2) is 5.78 Å². The third-order valence-electron chi connectivity index (χ3n) is 2.29. The molecule has 3 heteroatoms. The molecule has 0 aliphatic heterocycles. The van der Waals surface area contributed by atoms with Crippen molar-refractivity contribution in [1.82, 2.24) is 0 Å². The van der Waals surface area contributed by atoms with Gasteiger partial charge in [0.05, 0.1) is 10.7 Å². The summed E-state index contributed by atoms with van der Waals surface area (Å²) in [5.41, 5.74) is 0. The molecule has 0 spiro atoms. The maximum absolute atomic E-state index is 11.4. The Hall–Kier alpha value is -0.180. The number of Topliss-reactive ketones (excluding diaryl/α,β-unsaturated/α-hetero) is 2. The third-order valence-corrected chi connectivity index (χ3v) is 2.74. The van der Waals surface area contributed by atoms with Gasteiger partial charge in [-0.25, -0.2) is 0 Å². The Morgan fingerprint density at radius 1 is 1.58 bits per heavy atom. The van der Waals surface area contributed by atoms with E-state index in [-0.39, 0.29) is 22.3 Å². The maximum atomic E-state index is 11.4. The van der Waals surface area contributed by atoms with Gasteiger partial charge in [0.25, 0.3) is 0 Å². The summed E-state index contributed by atoms with van der Waals surface area (Å²) >= 11 is 3.20. The van der Waals surface area contributed by atoms with E-state index in [1.165, 1.54) is 0 Å². The first-order valence-electron chi connectivity index (χ1n) is 4.33. The van der Waals surface area contributed by atoms with Crippen LogP contribution in [0.3, 0.4) is 0 Å². The summed E-state index contributed by atoms with van der Waals surface area (Å²) in [5, 5.41) is 0. The molecule has 2 nitrogen and oxygen atoms in total. The highest BCUT2D eigenvalue weighted by molar-refractivity contribution is 9.10. The first kappa shape index (κ1) is 9.90. The molecule has 0 bridgehead atoms. The Morgan fingerprint density at radius 3 is 2.75 bits per heavy atom. The fraction of sp³-hybridized carbons (Fsp3) is 0.778. The molecule has 0 aromatic heterocycles. The zero-order valence-corrected chi connectivity index (χ0v) is 8.76. The lowest BCUT2D eigenvalue weighted by Gasteiger charge is -2.19. The molecule has 1 rings (SSSR count). The van der Waals surface area contributed by atoms with Gasteiger partial charge in [-0.05, 0) is 19.8 Å². The summed E-state index contributed by atoms with van der Waals surface area (Å²) in [6.07, 6.45) is 3.32. The van der Waals surface area contributed by atoms with Gasteiger partial charge in [-0.15, -0.1) is 0 Å². The maximum Gasteiger partial charge on any atom is 0.156 e. The van der Waals surface area contributed by atoms with E-state index in [0.717, 1.165) is 19.3 Å². The number of ketones is 2. The highest BCUT2D eigenvalue weighted by atomic mass is 79.9. The van der Waals surface area contributed by atoms with E-state index in [2.05, 4.69) is 15.9 Å². The zero-order chi connectivity index (χ0) is 9.14. The summed E-state index contributed by atoms with van der Waals surface area (Å²) in [5.74, 6) is -0.120. The number of hydrogen-bond donors (Lipinski definition) is 0. The Bertz CT molecular complexity index is 199. The average Bonchev–Trinajstić information content (AvgIpc) is 2.04. The van der Waals surface area contributed by atoms with Crippen LogP contribution in [-0.4, -0.2) is 16.4 Å². The molecular formula is C9H13BrO2. The minimum atomic E-state index is -0.312. The lowest BCUT2D eigenvalue weighted by molar-refractivity contribution is -0.133. The standard InChI is InChI=1S/C9H13BrO2/c1-6(10)9(12)7-4-2-3-5-8(7)11/h6-7H,2-5H2,1H3. The van der Waals surface area contributed by atoms with Gasteiger partial charge in [0, 0.05) is 6.42 Å². The molecule has 0 heterocycles. The molecule has 0 N–H and O–H groups in total. The van der Waals surface area contributed by atoms with Crippen LogP contribution >= 0.6 is 15.9 Å². The minimum Gasteiger partial charge on any atom is -0.299 e. The van der Waals surface area contributed by atoms with Crippen LogP contribution in [0.5, 0.6) is 0 Å². The summed E-state index contributed by atoms with van der Waals surface area (Å²) in [4.78, 5) is 22.6. The SMILES string of the molecule is CC(Br)C(=O)C1CCCCC1=O. The molecule has 68 valence electrons. The first-order chi connectivity index (χ1) is 5.63. The van der Waals surface area contributed by atoms with Crippen LogP contribution in [0.2, 0.25) is 0 Å². The predicted octanol–water partition coefficient (Wildman–Crippen LogP) is 2.10. The molecule has 2 atom stereocenters. The quantitative estimate of drug-likeness (QED) is 0.540. The number of carbonyl (C=O) groups excluding carboxylic acids is 2. The van der Waals surface area contributed by atoms with Crippen molar-refractivity contribution in [1.29, 1.82) is 0 Å². The highest BCUT2D eigenvalue weighted by Gasteiger charge is 2.30. The van der Waals surface area contributed by atoms with Crippen LogP contribution in [0, 0.1) is 5.92 Å². The second kappa shape index (κ2) is 4.17. The van der Waals surface area contributed by atoms with Crippen LogP contribution in [0.4, 0.5) is 0 Å². The molecule has 0 aromatic rings. The van der Waals surface area contributed by atoms with Crippen LogP contribution in [0.25, 0.3) is 0 Å². The number of halogens is 1. The molecule has 0 aromatic carbocycles. The largest absolute Gasteiger partial charge is 0.299 e. The Kier molecular flexibility index (Phi) is 3.44. The molecule has 2 unspecified atom stereocenters. The molecule has 1 saturated carbocycles. The lowest BCUT2D eigenvalue weighted by Crippen LogP contribution is -2.31. The summed E-state index contributed by atoms with van der Waals surface area (Å²) in [7, 11) is 0. The van der Waals surface area contributed by atoms with Gasteiger partial charge < -0.3 is 0 Å². The zero-order valence-electron chi connectivity index (χ0n) is 7.18. The average molecular weight is 233 g/mol. The fourth-order valence-corrected chi connectivity index (χ4v) is 1.88. The monoisotopic (exact) mass is 232 g/mol. The topological polar surface area (TPSA) is 34.1 Å². The third kappa shape index (κ3) is 2.16. The van der Waals surface area contributed by atoms with Crippen molar-refractivity contribution < 1.29 is 9.59 Å². The molecule has 1 aliphatic carbocycles. The van der Waals surface area contributed by atoms with Gasteiger partial charge >= 0.3 is 0 Å². The molecule has 0 radical (unpaired) electrons. The minimum absolute atomic E-state index is 0.0553. The van der Waals surface area contributed by atoms with Crippen molar-refractivity contribution in [2.45, 2.75) is 37.4 Å². The Morgan fingerprint density at radius 2 is 2.25 bits per heavy atom. The Labute approximate surface area is 80.8 Å². The van der Waals surface area contributed by atoms with Crippen molar-refractivity contribution in [3.63, 3.8) is 0 Å². The van der Waals surface area contributed by atoms with Crippen molar-refractivity contribution in [3.05, 3.63) is 0 Å². The van der Waals surface area contributed by atoms with Crippen molar-refractivity contribution in [2.24, 2.45) is 5.92 Å². The van der Waals surface area contributed by atoms with Crippen molar-refractivity contribution in [2.75, 3.05) is 0 Å². The fourth-order valence-electron chi connectivity index (χ4n) is 1.56. The van der Waals surface area contributed by atoms with Crippen LogP contribution in [0.15, 0.2) is 0 Å². The predicted molar refractivity (Wildman–Crippen MR) is 50.4 cm³/mol. The number of alkyl halides is 1. The Balaban J connectivity index is 2.60. The van der Waals surface area contributed by atoms with E-state index in [4.69, 9.17) is 0 Å². The second-order valence-corrected chi connectivity index (χ2v) is 4.66. The number of rotatable bonds is 2. The van der Waals surface area contributed by atoms with E-state index >= 15 is 0 Å². The number of hydrogen-bond acceptors (Lipinski definition) is 2. The van der Waals surface area contributed by atoms with E-state index in [1.54, 1.807) is 6.92 Å². The number of carbonyl (C=O) groups is 2. The normalized spacial score (nSPS) is 26.8. The van der Waals surface area contributed by atoms with Crippen molar-refractivity contribution >= 4 is 27.5 Å². The van der Waals surface area contributed by atoms with Crippen LogP contribution in [-0.2, 0) is 9.59 Å².